The lowest BCUT2D eigenvalue weighted by Crippen LogP contribution is -2.38. The highest BCUT2D eigenvalue weighted by molar-refractivity contribution is 5.85. The van der Waals surface area contributed by atoms with E-state index in [0.29, 0.717) is 31.0 Å². The number of nitrogens with zero attached hydrogens (tertiary/aromatic N) is 2. The molecule has 1 aromatic carbocycles. The van der Waals surface area contributed by atoms with Crippen molar-refractivity contribution >= 4 is 11.8 Å². The number of ether oxygens (including phenoxy) is 2. The van der Waals surface area contributed by atoms with Crippen LogP contribution < -0.4 is 9.47 Å². The number of hydrogen-bond donors (Lipinski definition) is 0. The monoisotopic (exact) mass is 320 g/mol. The predicted octanol–water partition coefficient (Wildman–Crippen LogP) is 1.59. The van der Waals surface area contributed by atoms with Crippen LogP contribution in [0.1, 0.15) is 24.0 Å². The van der Waals surface area contributed by atoms with Crippen LogP contribution in [0.2, 0.25) is 0 Å². The maximum Gasteiger partial charge on any atom is 0.242 e. The van der Waals surface area contributed by atoms with Crippen LogP contribution in [0.5, 0.6) is 11.5 Å². The average molecular weight is 320 g/mol. The van der Waals surface area contributed by atoms with Crippen LogP contribution in [0.25, 0.3) is 0 Å². The third-order valence-electron chi connectivity index (χ3n) is 4.17. The molecule has 1 aliphatic heterocycles. The van der Waals surface area contributed by atoms with E-state index in [-0.39, 0.29) is 18.4 Å². The summed E-state index contributed by atoms with van der Waals surface area (Å²) in [7, 11) is 4.93. The summed E-state index contributed by atoms with van der Waals surface area (Å²) in [6.45, 7) is 3.27. The van der Waals surface area contributed by atoms with Gasteiger partial charge in [0.25, 0.3) is 0 Å². The van der Waals surface area contributed by atoms with Crippen molar-refractivity contribution in [3.05, 3.63) is 23.3 Å². The Morgan fingerprint density at radius 2 is 1.91 bits per heavy atom. The number of likely N-dealkylation sites (N-methyl/N-ethyl adjacent to an activating group) is 1. The summed E-state index contributed by atoms with van der Waals surface area (Å²) in [5, 5.41) is 0. The van der Waals surface area contributed by atoms with Crippen LogP contribution in [-0.2, 0) is 16.1 Å². The van der Waals surface area contributed by atoms with Gasteiger partial charge >= 0.3 is 0 Å². The maximum absolute atomic E-state index is 12.3. The number of amides is 2. The Balaban J connectivity index is 2.05. The van der Waals surface area contributed by atoms with Crippen LogP contribution >= 0.6 is 0 Å². The summed E-state index contributed by atoms with van der Waals surface area (Å²) in [5.41, 5.74) is 2.02. The van der Waals surface area contributed by atoms with Crippen LogP contribution in [0, 0.1) is 6.92 Å². The van der Waals surface area contributed by atoms with E-state index >= 15 is 0 Å². The van der Waals surface area contributed by atoms with Gasteiger partial charge in [-0.3, -0.25) is 9.59 Å². The molecule has 2 rings (SSSR count). The summed E-state index contributed by atoms with van der Waals surface area (Å²) >= 11 is 0. The van der Waals surface area contributed by atoms with Crippen molar-refractivity contribution in [1.29, 1.82) is 0 Å². The van der Waals surface area contributed by atoms with Crippen molar-refractivity contribution in [2.24, 2.45) is 0 Å². The van der Waals surface area contributed by atoms with Crippen LogP contribution in [0.4, 0.5) is 0 Å². The van der Waals surface area contributed by atoms with E-state index in [9.17, 15) is 9.59 Å². The van der Waals surface area contributed by atoms with Gasteiger partial charge < -0.3 is 19.3 Å². The molecule has 0 N–H and O–H groups in total. The first-order chi connectivity index (χ1) is 11.0. The maximum atomic E-state index is 12.3. The second kappa shape index (κ2) is 7.35. The molecule has 1 aliphatic rings. The van der Waals surface area contributed by atoms with Gasteiger partial charge in [0, 0.05) is 26.6 Å². The van der Waals surface area contributed by atoms with E-state index in [1.807, 2.05) is 19.1 Å². The fraction of sp³-hybridized carbons (Fsp3) is 0.529. The first kappa shape index (κ1) is 17.1. The van der Waals surface area contributed by atoms with Crippen LogP contribution in [-0.4, -0.2) is 56.0 Å². The molecule has 0 aromatic heterocycles. The molecular weight excluding hydrogens is 296 g/mol. The molecule has 0 saturated carbocycles. The molecule has 0 unspecified atom stereocenters. The molecule has 126 valence electrons. The minimum absolute atomic E-state index is 0.0607. The Hall–Kier alpha value is -2.24. The molecule has 23 heavy (non-hydrogen) atoms. The number of methoxy groups -OCH3 is 2. The third kappa shape index (κ3) is 3.94. The molecule has 1 aromatic rings. The van der Waals surface area contributed by atoms with E-state index in [4.69, 9.17) is 9.47 Å². The molecule has 0 aliphatic carbocycles. The number of likely N-dealkylation sites (tertiary alicyclic amines) is 1. The highest BCUT2D eigenvalue weighted by Gasteiger charge is 2.24. The minimum Gasteiger partial charge on any atom is -0.493 e. The molecule has 0 bridgehead atoms. The van der Waals surface area contributed by atoms with E-state index in [0.717, 1.165) is 17.5 Å². The summed E-state index contributed by atoms with van der Waals surface area (Å²) in [4.78, 5) is 27.2. The number of hydrogen-bond acceptors (Lipinski definition) is 4. The van der Waals surface area contributed by atoms with Gasteiger partial charge in [0.05, 0.1) is 20.8 Å². The summed E-state index contributed by atoms with van der Waals surface area (Å²) in [6, 6.07) is 3.79. The van der Waals surface area contributed by atoms with Gasteiger partial charge in [-0.05, 0) is 36.6 Å². The van der Waals surface area contributed by atoms with E-state index < -0.39 is 0 Å². The smallest absolute Gasteiger partial charge is 0.242 e. The fourth-order valence-corrected chi connectivity index (χ4v) is 2.69. The van der Waals surface area contributed by atoms with Gasteiger partial charge in [-0.2, -0.15) is 0 Å². The second-order valence-corrected chi connectivity index (χ2v) is 5.80. The van der Waals surface area contributed by atoms with Crippen molar-refractivity contribution in [2.45, 2.75) is 26.3 Å². The summed E-state index contributed by atoms with van der Waals surface area (Å²) in [5.74, 6) is 1.32. The largest absolute Gasteiger partial charge is 0.493 e. The fourth-order valence-electron chi connectivity index (χ4n) is 2.69. The van der Waals surface area contributed by atoms with Gasteiger partial charge in [0.1, 0.15) is 0 Å². The first-order valence-electron chi connectivity index (χ1n) is 7.69. The number of carbonyl (C=O) groups is 2. The minimum atomic E-state index is -0.0607. The molecule has 0 atom stereocenters. The summed E-state index contributed by atoms with van der Waals surface area (Å²) in [6.07, 6.45) is 1.39. The molecule has 6 nitrogen and oxygen atoms in total. The average Bonchev–Trinajstić information content (AvgIpc) is 2.93. The Morgan fingerprint density at radius 1 is 1.26 bits per heavy atom. The predicted molar refractivity (Wildman–Crippen MR) is 86.6 cm³/mol. The number of carbonyl (C=O) groups excluding carboxylic acids is 2. The Morgan fingerprint density at radius 3 is 2.48 bits per heavy atom. The lowest BCUT2D eigenvalue weighted by atomic mass is 10.1. The first-order valence-corrected chi connectivity index (χ1v) is 7.69. The molecule has 2 amide bonds. The number of benzene rings is 1. The zero-order valence-corrected chi connectivity index (χ0v) is 14.2. The van der Waals surface area contributed by atoms with Crippen LogP contribution in [0.3, 0.4) is 0 Å². The van der Waals surface area contributed by atoms with E-state index in [1.54, 1.807) is 31.1 Å². The van der Waals surface area contributed by atoms with E-state index in [2.05, 4.69) is 0 Å². The number of aryl methyl sites for hydroxylation is 1. The summed E-state index contributed by atoms with van der Waals surface area (Å²) < 4.78 is 10.6. The van der Waals surface area contributed by atoms with Gasteiger partial charge in [0.2, 0.25) is 11.8 Å². The molecule has 0 radical (unpaired) electrons. The molecular formula is C17H24N2O4. The van der Waals surface area contributed by atoms with Crippen LogP contribution in [0.15, 0.2) is 12.1 Å². The normalized spacial score (nSPS) is 14.1. The van der Waals surface area contributed by atoms with Gasteiger partial charge in [-0.15, -0.1) is 0 Å². The quantitative estimate of drug-likeness (QED) is 0.799. The molecule has 1 fully saturated rings. The van der Waals surface area contributed by atoms with Gasteiger partial charge in [-0.25, -0.2) is 0 Å². The highest BCUT2D eigenvalue weighted by Crippen LogP contribution is 2.30. The Kier molecular flexibility index (Phi) is 5.47. The molecule has 1 heterocycles. The molecule has 6 heteroatoms. The highest BCUT2D eigenvalue weighted by atomic mass is 16.5. The van der Waals surface area contributed by atoms with Crippen molar-refractivity contribution < 1.29 is 19.1 Å². The van der Waals surface area contributed by atoms with Gasteiger partial charge in [0.15, 0.2) is 11.5 Å². The SMILES string of the molecule is COc1cc(C)c(CN(C)C(=O)CN2CCCC2=O)cc1OC. The zero-order chi connectivity index (χ0) is 17.0. The van der Waals surface area contributed by atoms with Crippen molar-refractivity contribution in [3.8, 4) is 11.5 Å². The number of rotatable bonds is 6. The van der Waals surface area contributed by atoms with Crippen molar-refractivity contribution in [3.63, 3.8) is 0 Å². The Labute approximate surface area is 137 Å². The molecule has 0 spiro atoms. The van der Waals surface area contributed by atoms with E-state index in [1.165, 1.54) is 0 Å². The van der Waals surface area contributed by atoms with Crippen molar-refractivity contribution in [1.82, 2.24) is 9.80 Å². The topological polar surface area (TPSA) is 59.1 Å². The lowest BCUT2D eigenvalue weighted by molar-refractivity contribution is -0.137. The standard InChI is InChI=1S/C17H24N2O4/c1-12-8-14(22-3)15(23-4)9-13(12)10-18(2)17(21)11-19-7-5-6-16(19)20/h8-9H,5-7,10-11H2,1-4H3. The zero-order valence-electron chi connectivity index (χ0n) is 14.2. The van der Waals surface area contributed by atoms with Gasteiger partial charge in [-0.1, -0.05) is 0 Å². The lowest BCUT2D eigenvalue weighted by Gasteiger charge is -2.23. The Bertz CT molecular complexity index is 601. The van der Waals surface area contributed by atoms with Crippen molar-refractivity contribution in [2.75, 3.05) is 34.4 Å². The third-order valence-corrected chi connectivity index (χ3v) is 4.17. The molecule has 1 saturated heterocycles. The second-order valence-electron chi connectivity index (χ2n) is 5.80.